The minimum atomic E-state index is -3.44. The van der Waals surface area contributed by atoms with E-state index in [0.717, 1.165) is 33.5 Å². The minimum Gasteiger partial charge on any atom is -0.489 e. The molecule has 3 aromatic carbocycles. The molecule has 0 unspecified atom stereocenters. The van der Waals surface area contributed by atoms with Crippen molar-refractivity contribution in [3.8, 4) is 5.75 Å². The lowest BCUT2D eigenvalue weighted by Crippen LogP contribution is -2.35. The standard InChI is InChI=1S/C16H22ClNO.C14H13F2NO/c17-15-12-13(4-3-11-18-9-1-2-10-18)5-8-16(15)19-14-6-7-14;15-14(16,13(17)18)8-7-10-5-6-11-3-1-2-4-12(11)9-10/h5,8,12,14H,1-4,6-7,9-11H2;1-6,9H,7-8H2,(H2,17,18). The van der Waals surface area contributed by atoms with Gasteiger partial charge in [-0.1, -0.05) is 60.1 Å². The molecule has 4 nitrogen and oxygen atoms in total. The summed E-state index contributed by atoms with van der Waals surface area (Å²) in [7, 11) is 0. The number of nitrogens with two attached hydrogens (primary N) is 1. The molecule has 1 amide bonds. The number of carbonyl (C=O) groups excluding carboxylic acids is 1. The molecule has 5 rings (SSSR count). The van der Waals surface area contributed by atoms with Crippen molar-refractivity contribution in [2.45, 2.75) is 63.4 Å². The van der Waals surface area contributed by atoms with Crippen LogP contribution in [0.2, 0.25) is 5.02 Å². The predicted molar refractivity (Wildman–Crippen MR) is 146 cm³/mol. The third kappa shape index (κ3) is 8.41. The second-order valence-corrected chi connectivity index (χ2v) is 10.4. The first kappa shape index (κ1) is 27.3. The van der Waals surface area contributed by atoms with Crippen LogP contribution in [-0.4, -0.2) is 42.5 Å². The number of likely N-dealkylation sites (tertiary alicyclic amines) is 1. The highest BCUT2D eigenvalue weighted by molar-refractivity contribution is 6.32. The quantitative estimate of drug-likeness (QED) is 0.315. The van der Waals surface area contributed by atoms with E-state index in [-0.39, 0.29) is 6.42 Å². The molecule has 0 radical (unpaired) electrons. The Morgan fingerprint density at radius 3 is 2.32 bits per heavy atom. The molecule has 2 aliphatic rings. The summed E-state index contributed by atoms with van der Waals surface area (Å²) in [6.45, 7) is 3.79. The number of fused-ring (bicyclic) bond motifs is 1. The van der Waals surface area contributed by atoms with Gasteiger partial charge < -0.3 is 15.4 Å². The first-order valence-corrected chi connectivity index (χ1v) is 13.5. The first-order chi connectivity index (χ1) is 17.8. The largest absolute Gasteiger partial charge is 0.489 e. The first-order valence-electron chi connectivity index (χ1n) is 13.1. The summed E-state index contributed by atoms with van der Waals surface area (Å²) in [5.74, 6) is -4.15. The van der Waals surface area contributed by atoms with Crippen LogP contribution in [0.3, 0.4) is 0 Å². The van der Waals surface area contributed by atoms with Gasteiger partial charge in [-0.15, -0.1) is 0 Å². The van der Waals surface area contributed by atoms with Gasteiger partial charge in [0.15, 0.2) is 0 Å². The third-order valence-corrected chi connectivity index (χ3v) is 7.15. The van der Waals surface area contributed by atoms with Crippen molar-refractivity contribution in [3.05, 3.63) is 76.8 Å². The van der Waals surface area contributed by atoms with E-state index in [4.69, 9.17) is 16.3 Å². The molecule has 1 saturated heterocycles. The molecule has 7 heteroatoms. The summed E-state index contributed by atoms with van der Waals surface area (Å²) in [6.07, 6.45) is 7.42. The van der Waals surface area contributed by atoms with Crippen LogP contribution in [0.1, 0.15) is 49.7 Å². The summed E-state index contributed by atoms with van der Waals surface area (Å²) < 4.78 is 31.9. The highest BCUT2D eigenvalue weighted by Gasteiger charge is 2.35. The number of aryl methyl sites for hydroxylation is 2. The van der Waals surface area contributed by atoms with Gasteiger partial charge in [-0.2, -0.15) is 8.78 Å². The van der Waals surface area contributed by atoms with Gasteiger partial charge in [0, 0.05) is 6.42 Å². The van der Waals surface area contributed by atoms with Crippen molar-refractivity contribution in [1.82, 2.24) is 4.90 Å². The predicted octanol–water partition coefficient (Wildman–Crippen LogP) is 6.80. The molecule has 0 atom stereocenters. The number of ether oxygens (including phenoxy) is 1. The van der Waals surface area contributed by atoms with Crippen LogP contribution in [0.15, 0.2) is 60.7 Å². The maximum Gasteiger partial charge on any atom is 0.324 e. The fraction of sp³-hybridized carbons (Fsp3) is 0.433. The Labute approximate surface area is 222 Å². The molecule has 3 aromatic rings. The molecule has 0 bridgehead atoms. The summed E-state index contributed by atoms with van der Waals surface area (Å²) in [4.78, 5) is 13.1. The Bertz CT molecular complexity index is 1190. The average molecular weight is 529 g/mol. The van der Waals surface area contributed by atoms with E-state index in [1.807, 2.05) is 42.5 Å². The van der Waals surface area contributed by atoms with Crippen LogP contribution in [0.4, 0.5) is 8.78 Å². The number of nitrogens with zero attached hydrogens (tertiary/aromatic N) is 1. The van der Waals surface area contributed by atoms with Crippen molar-refractivity contribution >= 4 is 28.3 Å². The van der Waals surface area contributed by atoms with Crippen molar-refractivity contribution in [2.24, 2.45) is 5.73 Å². The molecule has 0 aromatic heterocycles. The zero-order valence-corrected chi connectivity index (χ0v) is 21.9. The van der Waals surface area contributed by atoms with Gasteiger partial charge in [-0.3, -0.25) is 4.79 Å². The SMILES string of the molecule is Clc1cc(CCCN2CCCC2)ccc1OC1CC1.NC(=O)C(F)(F)CCc1ccc2ccccc2c1. The molecule has 1 saturated carbocycles. The van der Waals surface area contributed by atoms with Crippen molar-refractivity contribution in [3.63, 3.8) is 0 Å². The second-order valence-electron chi connectivity index (χ2n) is 9.98. The smallest absolute Gasteiger partial charge is 0.324 e. The zero-order valence-electron chi connectivity index (χ0n) is 21.1. The van der Waals surface area contributed by atoms with E-state index in [2.05, 4.69) is 22.8 Å². The molecule has 198 valence electrons. The van der Waals surface area contributed by atoms with Gasteiger partial charge in [0.2, 0.25) is 0 Å². The number of primary amides is 1. The molecule has 1 aliphatic carbocycles. The Morgan fingerprint density at radius 1 is 0.973 bits per heavy atom. The van der Waals surface area contributed by atoms with Crippen LogP contribution in [0, 0.1) is 0 Å². The van der Waals surface area contributed by atoms with E-state index in [1.54, 1.807) is 6.07 Å². The number of benzene rings is 3. The van der Waals surface area contributed by atoms with Crippen LogP contribution in [0.25, 0.3) is 10.8 Å². The van der Waals surface area contributed by atoms with E-state index >= 15 is 0 Å². The lowest BCUT2D eigenvalue weighted by atomic mass is 10.0. The number of hydrogen-bond donors (Lipinski definition) is 1. The molecular weight excluding hydrogens is 494 g/mol. The van der Waals surface area contributed by atoms with Crippen LogP contribution < -0.4 is 10.5 Å². The number of carbonyl (C=O) groups is 1. The average Bonchev–Trinajstić information content (AvgIpc) is 3.56. The highest BCUT2D eigenvalue weighted by Crippen LogP contribution is 2.32. The fourth-order valence-corrected chi connectivity index (χ4v) is 4.74. The van der Waals surface area contributed by atoms with Crippen molar-refractivity contribution in [2.75, 3.05) is 19.6 Å². The van der Waals surface area contributed by atoms with Gasteiger partial charge in [0.05, 0.1) is 11.1 Å². The molecule has 0 spiro atoms. The minimum absolute atomic E-state index is 0.126. The highest BCUT2D eigenvalue weighted by atomic mass is 35.5. The molecule has 2 N–H and O–H groups in total. The Hall–Kier alpha value is -2.70. The Kier molecular flexibility index (Phi) is 9.38. The van der Waals surface area contributed by atoms with Crippen molar-refractivity contribution in [1.29, 1.82) is 0 Å². The number of rotatable bonds is 10. The third-order valence-electron chi connectivity index (χ3n) is 6.85. The fourth-order valence-electron chi connectivity index (χ4n) is 4.49. The summed E-state index contributed by atoms with van der Waals surface area (Å²) in [6, 6.07) is 19.5. The summed E-state index contributed by atoms with van der Waals surface area (Å²) in [5, 5.41) is 2.82. The second kappa shape index (κ2) is 12.7. The number of hydrogen-bond acceptors (Lipinski definition) is 3. The number of amides is 1. The summed E-state index contributed by atoms with van der Waals surface area (Å²) >= 11 is 6.27. The van der Waals surface area contributed by atoms with E-state index in [1.165, 1.54) is 57.3 Å². The van der Waals surface area contributed by atoms with Crippen molar-refractivity contribution < 1.29 is 18.3 Å². The van der Waals surface area contributed by atoms with E-state index in [9.17, 15) is 13.6 Å². The molecule has 1 heterocycles. The van der Waals surface area contributed by atoms with Gasteiger partial charge >= 0.3 is 5.92 Å². The number of halogens is 3. The van der Waals surface area contributed by atoms with Crippen LogP contribution >= 0.6 is 11.6 Å². The van der Waals surface area contributed by atoms with Gasteiger partial charge in [0.25, 0.3) is 5.91 Å². The monoisotopic (exact) mass is 528 g/mol. The molecule has 2 fully saturated rings. The Morgan fingerprint density at radius 2 is 1.65 bits per heavy atom. The molecule has 1 aliphatic heterocycles. The van der Waals surface area contributed by atoms with Gasteiger partial charge in [-0.05, 0) is 98.6 Å². The van der Waals surface area contributed by atoms with E-state index < -0.39 is 18.3 Å². The molecular formula is C30H35ClF2N2O2. The van der Waals surface area contributed by atoms with Crippen LogP contribution in [0.5, 0.6) is 5.75 Å². The lowest BCUT2D eigenvalue weighted by Gasteiger charge is -2.14. The van der Waals surface area contributed by atoms with Gasteiger partial charge in [0.1, 0.15) is 5.75 Å². The summed E-state index contributed by atoms with van der Waals surface area (Å²) in [5.41, 5.74) is 6.74. The van der Waals surface area contributed by atoms with E-state index in [0.29, 0.717) is 6.10 Å². The topological polar surface area (TPSA) is 55.6 Å². The number of alkyl halides is 2. The zero-order chi connectivity index (χ0) is 26.3. The molecule has 37 heavy (non-hydrogen) atoms. The maximum absolute atomic E-state index is 13.1. The lowest BCUT2D eigenvalue weighted by molar-refractivity contribution is -0.142. The normalized spacial score (nSPS) is 15.9. The Balaban J connectivity index is 0.000000173. The maximum atomic E-state index is 13.1. The van der Waals surface area contributed by atoms with Crippen LogP contribution in [-0.2, 0) is 17.6 Å². The van der Waals surface area contributed by atoms with Gasteiger partial charge in [-0.25, -0.2) is 0 Å².